The number of phenolic OH excluding ortho intramolecular Hbond substituents is 1. The molecule has 0 spiro atoms. The smallest absolute Gasteiger partial charge is 0.255 e. The highest BCUT2D eigenvalue weighted by molar-refractivity contribution is 6.24. The van der Waals surface area contributed by atoms with Crippen LogP contribution in [0.25, 0.3) is 5.76 Å². The Labute approximate surface area is 199 Å². The van der Waals surface area contributed by atoms with E-state index in [0.717, 1.165) is 0 Å². The number of aliphatic hydroxyl groups excluding tert-OH is 3. The van der Waals surface area contributed by atoms with E-state index in [0.29, 0.717) is 0 Å². The summed E-state index contributed by atoms with van der Waals surface area (Å²) in [6, 6.07) is 1.09. The van der Waals surface area contributed by atoms with Gasteiger partial charge in [-0.05, 0) is 44.6 Å². The second-order valence-electron chi connectivity index (χ2n) is 9.53. The number of nitrogens with zero attached hydrogens (tertiary/aromatic N) is 1. The maximum Gasteiger partial charge on any atom is 0.255 e. The molecule has 3 aliphatic carbocycles. The molecule has 186 valence electrons. The van der Waals surface area contributed by atoms with Gasteiger partial charge in [0.25, 0.3) is 5.91 Å². The van der Waals surface area contributed by atoms with Gasteiger partial charge in [0, 0.05) is 17.1 Å². The van der Waals surface area contributed by atoms with Crippen LogP contribution in [0.1, 0.15) is 41.3 Å². The Morgan fingerprint density at radius 2 is 1.71 bits per heavy atom. The number of hydrogen-bond donors (Lipinski definition) is 6. The van der Waals surface area contributed by atoms with Crippen molar-refractivity contribution in [1.29, 1.82) is 0 Å². The highest BCUT2D eigenvalue weighted by Gasteiger charge is 2.68. The molecule has 1 aromatic carbocycles. The second-order valence-corrected chi connectivity index (χ2v) is 9.53. The lowest BCUT2D eigenvalue weighted by Gasteiger charge is -2.53. The van der Waals surface area contributed by atoms with Gasteiger partial charge in [-0.1, -0.05) is 6.92 Å². The SMILES string of the molecule is CC(=O)c1ccc(O)c2c1[C@H](C)[C@@H]1C(=C2O)C(=O)[C@]2(O)C(O)=C(C(N)=O)C(=O)[C@@H](N(C)C)[C@@H]2[C@H]1O. The number of rotatable bonds is 3. The Hall–Kier alpha value is -3.54. The average Bonchev–Trinajstić information content (AvgIpc) is 2.75. The van der Waals surface area contributed by atoms with E-state index < -0.39 is 81.4 Å². The number of likely N-dealkylation sites (N-methyl/N-ethyl adjacent to an activating group) is 1. The van der Waals surface area contributed by atoms with E-state index in [2.05, 4.69) is 0 Å². The molecule has 1 saturated carbocycles. The summed E-state index contributed by atoms with van der Waals surface area (Å²) in [6.07, 6.45) is -1.71. The third kappa shape index (κ3) is 2.95. The van der Waals surface area contributed by atoms with Crippen molar-refractivity contribution in [2.75, 3.05) is 14.1 Å². The van der Waals surface area contributed by atoms with Crippen LogP contribution >= 0.6 is 0 Å². The van der Waals surface area contributed by atoms with Gasteiger partial charge in [-0.15, -0.1) is 0 Å². The van der Waals surface area contributed by atoms with Crippen LogP contribution in [-0.2, 0) is 14.4 Å². The third-order valence-electron chi connectivity index (χ3n) is 7.49. The molecule has 1 fully saturated rings. The first-order chi connectivity index (χ1) is 16.2. The quantitative estimate of drug-likeness (QED) is 0.243. The first kappa shape index (κ1) is 24.6. The highest BCUT2D eigenvalue weighted by atomic mass is 16.4. The van der Waals surface area contributed by atoms with Gasteiger partial charge in [-0.3, -0.25) is 24.1 Å². The zero-order chi connectivity index (χ0) is 26.3. The number of ketones is 3. The number of Topliss-reactive ketones (excluding diaryl/α,β-unsaturated/α-hetero) is 3. The average molecular weight is 486 g/mol. The molecular formula is C24H26N2O9. The van der Waals surface area contributed by atoms with Gasteiger partial charge >= 0.3 is 0 Å². The predicted octanol–water partition coefficient (Wildman–Crippen LogP) is -0.302. The van der Waals surface area contributed by atoms with Crippen LogP contribution in [-0.4, -0.2) is 85.5 Å². The molecule has 4 rings (SSSR count). The summed E-state index contributed by atoms with van der Waals surface area (Å²) in [6.45, 7) is 2.86. The zero-order valence-corrected chi connectivity index (χ0v) is 19.4. The molecule has 7 N–H and O–H groups in total. The first-order valence-electron chi connectivity index (χ1n) is 10.9. The van der Waals surface area contributed by atoms with Crippen LogP contribution in [0.4, 0.5) is 0 Å². The van der Waals surface area contributed by atoms with Gasteiger partial charge in [0.2, 0.25) is 5.78 Å². The highest BCUT2D eigenvalue weighted by Crippen LogP contribution is 2.56. The fourth-order valence-electron chi connectivity index (χ4n) is 6.00. The van der Waals surface area contributed by atoms with Crippen LogP contribution in [0.15, 0.2) is 29.0 Å². The van der Waals surface area contributed by atoms with Gasteiger partial charge in [-0.25, -0.2) is 0 Å². The molecule has 35 heavy (non-hydrogen) atoms. The minimum absolute atomic E-state index is 0.152. The Bertz CT molecular complexity index is 1280. The minimum atomic E-state index is -2.97. The number of amides is 1. The van der Waals surface area contributed by atoms with Crippen molar-refractivity contribution >= 4 is 29.0 Å². The Morgan fingerprint density at radius 3 is 2.23 bits per heavy atom. The van der Waals surface area contributed by atoms with E-state index >= 15 is 0 Å². The fraction of sp³-hybridized carbons (Fsp3) is 0.417. The monoisotopic (exact) mass is 486 g/mol. The lowest BCUT2D eigenvalue weighted by Crippen LogP contribution is -2.70. The summed E-state index contributed by atoms with van der Waals surface area (Å²) < 4.78 is 0. The van der Waals surface area contributed by atoms with Crippen molar-refractivity contribution in [2.24, 2.45) is 17.6 Å². The molecule has 0 heterocycles. The molecule has 0 bridgehead atoms. The number of nitrogens with two attached hydrogens (primary N) is 1. The molecular weight excluding hydrogens is 460 g/mol. The van der Waals surface area contributed by atoms with E-state index in [9.17, 15) is 44.7 Å². The van der Waals surface area contributed by atoms with Crippen LogP contribution < -0.4 is 5.73 Å². The van der Waals surface area contributed by atoms with Crippen LogP contribution in [0.2, 0.25) is 0 Å². The van der Waals surface area contributed by atoms with Crippen LogP contribution in [0.3, 0.4) is 0 Å². The zero-order valence-electron chi connectivity index (χ0n) is 19.4. The Kier molecular flexibility index (Phi) is 5.43. The standard InChI is InChI=1S/C24H26N2O9/c1-7-11-9(8(2)27)5-6-10(28)13(11)18(29)14-12(7)19(30)16-17(26(3)4)20(31)15(23(25)34)22(33)24(16,35)21(14)32/h5-7,12,16-17,19,28-30,33,35H,1-4H3,(H2,25,34)/t7-,12+,16+,17-,19-,24-/m0/s1. The van der Waals surface area contributed by atoms with E-state index in [1.165, 1.54) is 38.1 Å². The topological polar surface area (TPSA) is 199 Å². The fourth-order valence-corrected chi connectivity index (χ4v) is 6.00. The molecule has 0 aromatic heterocycles. The summed E-state index contributed by atoms with van der Waals surface area (Å²) in [5.74, 6) is -10.2. The summed E-state index contributed by atoms with van der Waals surface area (Å²) in [7, 11) is 2.85. The molecule has 0 radical (unpaired) electrons. The number of aromatic hydroxyl groups is 1. The normalized spacial score (nSPS) is 32.4. The molecule has 3 aliphatic rings. The number of primary amides is 1. The number of benzene rings is 1. The van der Waals surface area contributed by atoms with Crippen molar-refractivity contribution in [3.05, 3.63) is 45.7 Å². The Morgan fingerprint density at radius 1 is 1.11 bits per heavy atom. The van der Waals surface area contributed by atoms with Crippen molar-refractivity contribution in [3.63, 3.8) is 0 Å². The number of carbonyl (C=O) groups excluding carboxylic acids is 4. The molecule has 11 nitrogen and oxygen atoms in total. The number of aliphatic hydroxyl groups is 4. The molecule has 0 saturated heterocycles. The largest absolute Gasteiger partial charge is 0.508 e. The third-order valence-corrected chi connectivity index (χ3v) is 7.49. The van der Waals surface area contributed by atoms with Crippen molar-refractivity contribution in [1.82, 2.24) is 4.90 Å². The van der Waals surface area contributed by atoms with E-state index in [1.54, 1.807) is 6.92 Å². The van der Waals surface area contributed by atoms with E-state index in [1.807, 2.05) is 0 Å². The molecule has 6 atom stereocenters. The van der Waals surface area contributed by atoms with Gasteiger partial charge in [-0.2, -0.15) is 0 Å². The van der Waals surface area contributed by atoms with Crippen molar-refractivity contribution < 1.29 is 44.7 Å². The lowest BCUT2D eigenvalue weighted by atomic mass is 9.54. The van der Waals surface area contributed by atoms with E-state index in [4.69, 9.17) is 5.73 Å². The van der Waals surface area contributed by atoms with Crippen molar-refractivity contribution in [3.8, 4) is 5.75 Å². The molecule has 1 aromatic rings. The number of hydrogen-bond acceptors (Lipinski definition) is 10. The summed E-state index contributed by atoms with van der Waals surface area (Å²) in [5, 5.41) is 55.6. The van der Waals surface area contributed by atoms with Crippen molar-refractivity contribution in [2.45, 2.75) is 37.5 Å². The summed E-state index contributed by atoms with van der Waals surface area (Å²) in [4.78, 5) is 52.5. The van der Waals surface area contributed by atoms with Gasteiger partial charge in [0.15, 0.2) is 17.2 Å². The first-order valence-corrected chi connectivity index (χ1v) is 10.9. The molecule has 11 heteroatoms. The van der Waals surface area contributed by atoms with Gasteiger partial charge in [0.05, 0.1) is 23.6 Å². The second kappa shape index (κ2) is 7.74. The number of carbonyl (C=O) groups is 4. The van der Waals surface area contributed by atoms with Crippen LogP contribution in [0, 0.1) is 11.8 Å². The van der Waals surface area contributed by atoms with Gasteiger partial charge in [0.1, 0.15) is 22.8 Å². The summed E-state index contributed by atoms with van der Waals surface area (Å²) in [5.41, 5.74) is 0.948. The summed E-state index contributed by atoms with van der Waals surface area (Å²) >= 11 is 0. The predicted molar refractivity (Wildman–Crippen MR) is 120 cm³/mol. The maximum absolute atomic E-state index is 13.8. The van der Waals surface area contributed by atoms with E-state index in [-0.39, 0.29) is 22.5 Å². The maximum atomic E-state index is 13.8. The van der Waals surface area contributed by atoms with Gasteiger partial charge < -0.3 is 31.3 Å². The number of fused-ring (bicyclic) bond motifs is 3. The van der Waals surface area contributed by atoms with Crippen LogP contribution in [0.5, 0.6) is 5.75 Å². The Balaban J connectivity index is 2.10. The molecule has 1 amide bonds. The number of phenols is 1. The molecule has 0 unspecified atom stereocenters. The minimum Gasteiger partial charge on any atom is -0.508 e. The lowest BCUT2D eigenvalue weighted by molar-refractivity contribution is -0.169. The molecule has 0 aliphatic heterocycles.